The summed E-state index contributed by atoms with van der Waals surface area (Å²) in [5.74, 6) is 0.0869. The van der Waals surface area contributed by atoms with Crippen molar-refractivity contribution >= 4 is 17.9 Å². The minimum absolute atomic E-state index is 0.0341. The molecule has 0 spiro atoms. The van der Waals surface area contributed by atoms with E-state index >= 15 is 0 Å². The predicted molar refractivity (Wildman–Crippen MR) is 66.5 cm³/mol. The van der Waals surface area contributed by atoms with Crippen LogP contribution in [0.4, 0.5) is 11.9 Å². The molecule has 3 N–H and O–H groups in total. The summed E-state index contributed by atoms with van der Waals surface area (Å²) < 4.78 is 6.21. The Hall–Kier alpha value is -2.71. The predicted octanol–water partition coefficient (Wildman–Crippen LogP) is -0.386. The van der Waals surface area contributed by atoms with Gasteiger partial charge < -0.3 is 15.8 Å². The van der Waals surface area contributed by atoms with Crippen molar-refractivity contribution in [1.82, 2.24) is 24.7 Å². The third kappa shape index (κ3) is 3.37. The third-order valence-electron chi connectivity index (χ3n) is 2.05. The zero-order valence-electron chi connectivity index (χ0n) is 10.3. The maximum atomic E-state index is 11.2. The van der Waals surface area contributed by atoms with Crippen molar-refractivity contribution in [1.29, 1.82) is 0 Å². The molecule has 19 heavy (non-hydrogen) atoms. The molecule has 0 radical (unpaired) electrons. The molecule has 0 saturated carbocycles. The average Bonchev–Trinajstić information content (AvgIpc) is 2.90. The Kier molecular flexibility index (Phi) is 3.86. The SMILES string of the molecule is CCOC(=O)CNc1nc(N)nc(-n2cccn2)n1. The number of hydrogen-bond donors (Lipinski definition) is 2. The summed E-state index contributed by atoms with van der Waals surface area (Å²) >= 11 is 0. The summed E-state index contributed by atoms with van der Waals surface area (Å²) in [6, 6.07) is 1.73. The Morgan fingerprint density at radius 2 is 2.32 bits per heavy atom. The molecule has 2 rings (SSSR count). The van der Waals surface area contributed by atoms with E-state index in [1.165, 1.54) is 4.68 Å². The van der Waals surface area contributed by atoms with E-state index in [0.717, 1.165) is 0 Å². The minimum Gasteiger partial charge on any atom is -0.465 e. The molecule has 2 heterocycles. The topological polar surface area (TPSA) is 121 Å². The first-order valence-electron chi connectivity index (χ1n) is 5.60. The van der Waals surface area contributed by atoms with Gasteiger partial charge in [-0.2, -0.15) is 20.1 Å². The summed E-state index contributed by atoms with van der Waals surface area (Å²) in [5.41, 5.74) is 5.57. The van der Waals surface area contributed by atoms with Crippen LogP contribution in [0.15, 0.2) is 18.5 Å². The van der Waals surface area contributed by atoms with Crippen LogP contribution in [0.2, 0.25) is 0 Å². The van der Waals surface area contributed by atoms with Crippen molar-refractivity contribution in [3.05, 3.63) is 18.5 Å². The molecule has 9 heteroatoms. The van der Waals surface area contributed by atoms with Crippen molar-refractivity contribution < 1.29 is 9.53 Å². The van der Waals surface area contributed by atoms with Crippen LogP contribution in [0.5, 0.6) is 0 Å². The molecule has 2 aromatic rings. The van der Waals surface area contributed by atoms with Crippen LogP contribution >= 0.6 is 0 Å². The van der Waals surface area contributed by atoms with E-state index in [1.807, 2.05) is 0 Å². The number of hydrogen-bond acceptors (Lipinski definition) is 8. The van der Waals surface area contributed by atoms with Crippen LogP contribution in [0, 0.1) is 0 Å². The first-order chi connectivity index (χ1) is 9.19. The van der Waals surface area contributed by atoms with E-state index in [9.17, 15) is 4.79 Å². The monoisotopic (exact) mass is 263 g/mol. The lowest BCUT2D eigenvalue weighted by atomic mass is 10.6. The molecule has 0 amide bonds. The van der Waals surface area contributed by atoms with Crippen LogP contribution < -0.4 is 11.1 Å². The van der Waals surface area contributed by atoms with Crippen LogP contribution in [0.25, 0.3) is 5.95 Å². The number of nitrogens with zero attached hydrogens (tertiary/aromatic N) is 5. The average molecular weight is 263 g/mol. The highest BCUT2D eigenvalue weighted by atomic mass is 16.5. The molecule has 0 aliphatic heterocycles. The highest BCUT2D eigenvalue weighted by molar-refractivity contribution is 5.74. The lowest BCUT2D eigenvalue weighted by Crippen LogP contribution is -2.19. The molecule has 0 atom stereocenters. The van der Waals surface area contributed by atoms with Crippen LogP contribution in [0.1, 0.15) is 6.92 Å². The van der Waals surface area contributed by atoms with Crippen molar-refractivity contribution in [2.45, 2.75) is 6.92 Å². The van der Waals surface area contributed by atoms with E-state index < -0.39 is 5.97 Å². The summed E-state index contributed by atoms with van der Waals surface area (Å²) in [6.45, 7) is 2.00. The highest BCUT2D eigenvalue weighted by Gasteiger charge is 2.08. The van der Waals surface area contributed by atoms with E-state index in [-0.39, 0.29) is 24.4 Å². The zero-order chi connectivity index (χ0) is 13.7. The molecular formula is C10H13N7O2. The van der Waals surface area contributed by atoms with Crippen molar-refractivity contribution in [2.75, 3.05) is 24.2 Å². The highest BCUT2D eigenvalue weighted by Crippen LogP contribution is 2.05. The number of anilines is 2. The molecule has 0 bridgehead atoms. The molecule has 100 valence electrons. The van der Waals surface area contributed by atoms with Gasteiger partial charge in [-0.05, 0) is 13.0 Å². The summed E-state index contributed by atoms with van der Waals surface area (Å²) in [5, 5.41) is 6.70. The number of aromatic nitrogens is 5. The second kappa shape index (κ2) is 5.76. The normalized spacial score (nSPS) is 10.2. The van der Waals surface area contributed by atoms with Gasteiger partial charge in [-0.25, -0.2) is 4.68 Å². The Labute approximate surface area is 108 Å². The molecule has 0 saturated heterocycles. The van der Waals surface area contributed by atoms with Gasteiger partial charge in [-0.3, -0.25) is 4.79 Å². The first kappa shape index (κ1) is 12.7. The molecular weight excluding hydrogens is 250 g/mol. The first-order valence-corrected chi connectivity index (χ1v) is 5.60. The molecule has 0 aliphatic carbocycles. The van der Waals surface area contributed by atoms with E-state index in [1.54, 1.807) is 25.4 Å². The van der Waals surface area contributed by atoms with Crippen LogP contribution in [-0.2, 0) is 9.53 Å². The largest absolute Gasteiger partial charge is 0.465 e. The molecule has 0 aromatic carbocycles. The van der Waals surface area contributed by atoms with E-state index in [0.29, 0.717) is 6.61 Å². The van der Waals surface area contributed by atoms with Crippen molar-refractivity contribution in [2.24, 2.45) is 0 Å². The second-order valence-electron chi connectivity index (χ2n) is 3.43. The van der Waals surface area contributed by atoms with E-state index in [4.69, 9.17) is 10.5 Å². The number of nitrogens with one attached hydrogen (secondary N) is 1. The fourth-order valence-electron chi connectivity index (χ4n) is 1.31. The Morgan fingerprint density at radius 3 is 3.00 bits per heavy atom. The zero-order valence-corrected chi connectivity index (χ0v) is 10.3. The standard InChI is InChI=1S/C10H13N7O2/c1-2-19-7(18)6-12-9-14-8(11)15-10(16-9)17-5-3-4-13-17/h3-5H,2,6H2,1H3,(H3,11,12,14,15,16). The lowest BCUT2D eigenvalue weighted by Gasteiger charge is -2.06. The molecule has 0 fully saturated rings. The molecule has 9 nitrogen and oxygen atoms in total. The molecule has 0 aliphatic rings. The number of esters is 1. The van der Waals surface area contributed by atoms with Gasteiger partial charge in [0.1, 0.15) is 6.54 Å². The maximum absolute atomic E-state index is 11.2. The Morgan fingerprint density at radius 1 is 1.47 bits per heavy atom. The number of nitrogen functional groups attached to an aromatic ring is 1. The number of carbonyl (C=O) groups is 1. The summed E-state index contributed by atoms with van der Waals surface area (Å²) in [4.78, 5) is 23.1. The maximum Gasteiger partial charge on any atom is 0.325 e. The van der Waals surface area contributed by atoms with Gasteiger partial charge in [-0.1, -0.05) is 0 Å². The van der Waals surface area contributed by atoms with Gasteiger partial charge in [0, 0.05) is 12.4 Å². The van der Waals surface area contributed by atoms with Gasteiger partial charge in [0.2, 0.25) is 11.9 Å². The summed E-state index contributed by atoms with van der Waals surface area (Å²) in [6.07, 6.45) is 3.26. The van der Waals surface area contributed by atoms with Gasteiger partial charge in [0.15, 0.2) is 0 Å². The van der Waals surface area contributed by atoms with Crippen LogP contribution in [0.3, 0.4) is 0 Å². The third-order valence-corrected chi connectivity index (χ3v) is 2.05. The molecule has 2 aromatic heterocycles. The fourth-order valence-corrected chi connectivity index (χ4v) is 1.31. The number of carbonyl (C=O) groups excluding carboxylic acids is 1. The van der Waals surface area contributed by atoms with Crippen LogP contribution in [-0.4, -0.2) is 43.9 Å². The number of nitrogens with two attached hydrogens (primary N) is 1. The van der Waals surface area contributed by atoms with Gasteiger partial charge in [0.05, 0.1) is 6.61 Å². The number of ether oxygens (including phenoxy) is 1. The summed E-state index contributed by atoms with van der Waals surface area (Å²) in [7, 11) is 0. The quantitative estimate of drug-likeness (QED) is 0.700. The fraction of sp³-hybridized carbons (Fsp3) is 0.300. The minimum atomic E-state index is -0.401. The van der Waals surface area contributed by atoms with Crippen molar-refractivity contribution in [3.63, 3.8) is 0 Å². The molecule has 0 unspecified atom stereocenters. The second-order valence-corrected chi connectivity index (χ2v) is 3.43. The Balaban J connectivity index is 2.11. The smallest absolute Gasteiger partial charge is 0.325 e. The Bertz CT molecular complexity index is 555. The van der Waals surface area contributed by atoms with Gasteiger partial charge in [0.25, 0.3) is 5.95 Å². The van der Waals surface area contributed by atoms with E-state index in [2.05, 4.69) is 25.4 Å². The van der Waals surface area contributed by atoms with Gasteiger partial charge >= 0.3 is 5.97 Å². The lowest BCUT2D eigenvalue weighted by molar-refractivity contribution is -0.140. The van der Waals surface area contributed by atoms with Crippen molar-refractivity contribution in [3.8, 4) is 5.95 Å². The number of rotatable bonds is 5. The van der Waals surface area contributed by atoms with Gasteiger partial charge in [-0.15, -0.1) is 0 Å².